The summed E-state index contributed by atoms with van der Waals surface area (Å²) < 4.78 is 12.8. The first-order valence-corrected chi connectivity index (χ1v) is 8.79. The minimum absolute atomic E-state index is 0.228. The lowest BCUT2D eigenvalue weighted by molar-refractivity contribution is 0.0944. The average Bonchev–Trinajstić information content (AvgIpc) is 2.99. The van der Waals surface area contributed by atoms with Crippen LogP contribution in [0.15, 0.2) is 54.6 Å². The molecule has 0 unspecified atom stereocenters. The van der Waals surface area contributed by atoms with E-state index in [1.54, 1.807) is 32.4 Å². The smallest absolute Gasteiger partial charge is 0.259 e. The summed E-state index contributed by atoms with van der Waals surface area (Å²) in [5, 5.41) is 2.99. The SMILES string of the molecule is COc1cccc(OC)c1C(=O)NCc1cc(C)n(-c2ccccc2)c1C. The number of carbonyl (C=O) groups is 1. The third-order valence-corrected chi connectivity index (χ3v) is 4.64. The molecule has 5 heteroatoms. The molecule has 5 nitrogen and oxygen atoms in total. The summed E-state index contributed by atoms with van der Waals surface area (Å²) in [6.07, 6.45) is 0. The van der Waals surface area contributed by atoms with Crippen molar-refractivity contribution in [3.63, 3.8) is 0 Å². The van der Waals surface area contributed by atoms with Gasteiger partial charge in [-0.1, -0.05) is 24.3 Å². The summed E-state index contributed by atoms with van der Waals surface area (Å²) in [6, 6.07) is 17.6. The van der Waals surface area contributed by atoms with Crippen molar-refractivity contribution in [2.45, 2.75) is 20.4 Å². The van der Waals surface area contributed by atoms with Crippen LogP contribution in [0, 0.1) is 13.8 Å². The lowest BCUT2D eigenvalue weighted by Gasteiger charge is -2.13. The van der Waals surface area contributed by atoms with Gasteiger partial charge in [0.25, 0.3) is 5.91 Å². The second kappa shape index (κ2) is 7.99. The number of rotatable bonds is 6. The monoisotopic (exact) mass is 364 g/mol. The molecule has 0 atom stereocenters. The molecule has 0 bridgehead atoms. The Labute approximate surface area is 159 Å². The Morgan fingerprint density at radius 2 is 1.59 bits per heavy atom. The van der Waals surface area contributed by atoms with Crippen LogP contribution in [0.4, 0.5) is 0 Å². The van der Waals surface area contributed by atoms with E-state index in [0.29, 0.717) is 23.6 Å². The van der Waals surface area contributed by atoms with Gasteiger partial charge in [-0.2, -0.15) is 0 Å². The molecule has 3 aromatic rings. The minimum atomic E-state index is -0.228. The van der Waals surface area contributed by atoms with Crippen molar-refractivity contribution in [1.29, 1.82) is 0 Å². The topological polar surface area (TPSA) is 52.5 Å². The second-order valence-electron chi connectivity index (χ2n) is 6.29. The molecule has 0 spiro atoms. The van der Waals surface area contributed by atoms with Crippen molar-refractivity contribution < 1.29 is 14.3 Å². The second-order valence-corrected chi connectivity index (χ2v) is 6.29. The van der Waals surface area contributed by atoms with Gasteiger partial charge in [-0.3, -0.25) is 4.79 Å². The molecular formula is C22H24N2O3. The number of methoxy groups -OCH3 is 2. The molecule has 3 rings (SSSR count). The van der Waals surface area contributed by atoms with E-state index in [4.69, 9.17) is 9.47 Å². The van der Waals surface area contributed by atoms with E-state index in [0.717, 1.165) is 22.6 Å². The number of nitrogens with one attached hydrogen (secondary N) is 1. The molecule has 0 aliphatic rings. The molecule has 140 valence electrons. The van der Waals surface area contributed by atoms with Gasteiger partial charge in [-0.25, -0.2) is 0 Å². The maximum atomic E-state index is 12.8. The van der Waals surface area contributed by atoms with Crippen molar-refractivity contribution in [1.82, 2.24) is 9.88 Å². The lowest BCUT2D eigenvalue weighted by Crippen LogP contribution is -2.24. The van der Waals surface area contributed by atoms with Crippen molar-refractivity contribution in [3.8, 4) is 17.2 Å². The maximum Gasteiger partial charge on any atom is 0.259 e. The van der Waals surface area contributed by atoms with Gasteiger partial charge in [-0.05, 0) is 49.7 Å². The molecule has 0 saturated carbocycles. The molecular weight excluding hydrogens is 340 g/mol. The zero-order valence-electron chi connectivity index (χ0n) is 16.1. The Bertz CT molecular complexity index is 923. The number of aromatic nitrogens is 1. The number of carbonyl (C=O) groups excluding carboxylic acids is 1. The van der Waals surface area contributed by atoms with Gasteiger partial charge in [0, 0.05) is 23.6 Å². The first kappa shape index (κ1) is 18.6. The Kier molecular flexibility index (Phi) is 5.50. The number of hydrogen-bond acceptors (Lipinski definition) is 3. The molecule has 0 aliphatic heterocycles. The van der Waals surface area contributed by atoms with Gasteiger partial charge in [0.1, 0.15) is 17.1 Å². The van der Waals surface area contributed by atoms with Crippen LogP contribution < -0.4 is 14.8 Å². The Hall–Kier alpha value is -3.21. The summed E-state index contributed by atoms with van der Waals surface area (Å²) >= 11 is 0. The Morgan fingerprint density at radius 3 is 2.19 bits per heavy atom. The quantitative estimate of drug-likeness (QED) is 0.718. The molecule has 1 heterocycles. The highest BCUT2D eigenvalue weighted by atomic mass is 16.5. The van der Waals surface area contributed by atoms with E-state index >= 15 is 0 Å². The van der Waals surface area contributed by atoms with E-state index in [1.165, 1.54) is 0 Å². The van der Waals surface area contributed by atoms with Crippen LogP contribution in [-0.4, -0.2) is 24.7 Å². The summed E-state index contributed by atoms with van der Waals surface area (Å²) in [7, 11) is 3.08. The van der Waals surface area contributed by atoms with Crippen LogP contribution in [0.25, 0.3) is 5.69 Å². The predicted molar refractivity (Wildman–Crippen MR) is 106 cm³/mol. The first-order valence-electron chi connectivity index (χ1n) is 8.79. The third kappa shape index (κ3) is 3.67. The molecule has 27 heavy (non-hydrogen) atoms. The Morgan fingerprint density at radius 1 is 0.963 bits per heavy atom. The van der Waals surface area contributed by atoms with Crippen LogP contribution in [-0.2, 0) is 6.54 Å². The van der Waals surface area contributed by atoms with E-state index in [2.05, 4.69) is 41.9 Å². The molecule has 0 fully saturated rings. The van der Waals surface area contributed by atoms with Gasteiger partial charge in [0.2, 0.25) is 0 Å². The molecule has 1 aromatic heterocycles. The molecule has 1 N–H and O–H groups in total. The zero-order valence-corrected chi connectivity index (χ0v) is 16.1. The van der Waals surface area contributed by atoms with Gasteiger partial charge >= 0.3 is 0 Å². The van der Waals surface area contributed by atoms with Gasteiger partial charge in [-0.15, -0.1) is 0 Å². The number of hydrogen-bond donors (Lipinski definition) is 1. The number of aryl methyl sites for hydroxylation is 1. The number of ether oxygens (including phenoxy) is 2. The highest BCUT2D eigenvalue weighted by molar-refractivity contribution is 5.99. The van der Waals surface area contributed by atoms with Crippen LogP contribution in [0.1, 0.15) is 27.3 Å². The molecule has 1 amide bonds. The van der Waals surface area contributed by atoms with Crippen LogP contribution >= 0.6 is 0 Å². The zero-order chi connectivity index (χ0) is 19.4. The summed E-state index contributed by atoms with van der Waals surface area (Å²) in [5.41, 5.74) is 4.80. The van der Waals surface area contributed by atoms with Gasteiger partial charge in [0.05, 0.1) is 14.2 Å². The fraction of sp³-hybridized carbons (Fsp3) is 0.227. The Balaban J connectivity index is 1.84. The van der Waals surface area contributed by atoms with E-state index in [-0.39, 0.29) is 5.91 Å². The average molecular weight is 364 g/mol. The van der Waals surface area contributed by atoms with Crippen molar-refractivity contribution >= 4 is 5.91 Å². The largest absolute Gasteiger partial charge is 0.496 e. The first-order chi connectivity index (χ1) is 13.1. The normalized spacial score (nSPS) is 10.5. The molecule has 0 radical (unpaired) electrons. The number of para-hydroxylation sites is 1. The minimum Gasteiger partial charge on any atom is -0.496 e. The molecule has 0 saturated heterocycles. The highest BCUT2D eigenvalue weighted by Crippen LogP contribution is 2.28. The van der Waals surface area contributed by atoms with E-state index < -0.39 is 0 Å². The lowest BCUT2D eigenvalue weighted by atomic mass is 10.1. The molecule has 2 aromatic carbocycles. The van der Waals surface area contributed by atoms with E-state index in [9.17, 15) is 4.79 Å². The van der Waals surface area contributed by atoms with Crippen molar-refractivity contribution in [2.24, 2.45) is 0 Å². The highest BCUT2D eigenvalue weighted by Gasteiger charge is 2.19. The number of benzene rings is 2. The summed E-state index contributed by atoms with van der Waals surface area (Å²) in [6.45, 7) is 4.55. The number of nitrogens with zero attached hydrogens (tertiary/aromatic N) is 1. The van der Waals surface area contributed by atoms with Crippen molar-refractivity contribution in [2.75, 3.05) is 14.2 Å². The summed E-state index contributed by atoms with van der Waals surface area (Å²) in [4.78, 5) is 12.8. The predicted octanol–water partition coefficient (Wildman–Crippen LogP) is 4.04. The van der Waals surface area contributed by atoms with E-state index in [1.807, 2.05) is 18.2 Å². The van der Waals surface area contributed by atoms with Crippen LogP contribution in [0.3, 0.4) is 0 Å². The molecule has 0 aliphatic carbocycles. The fourth-order valence-electron chi connectivity index (χ4n) is 3.32. The summed E-state index contributed by atoms with van der Waals surface area (Å²) in [5.74, 6) is 0.747. The number of amides is 1. The fourth-order valence-corrected chi connectivity index (χ4v) is 3.32. The standard InChI is InChI=1S/C22H24N2O3/c1-15-13-17(16(2)24(15)18-9-6-5-7-10-18)14-23-22(25)21-19(26-3)11-8-12-20(21)27-4/h5-13H,14H2,1-4H3,(H,23,25). The van der Waals surface area contributed by atoms with Crippen molar-refractivity contribution in [3.05, 3.63) is 77.1 Å². The maximum absolute atomic E-state index is 12.8. The van der Waals surface area contributed by atoms with Crippen LogP contribution in [0.2, 0.25) is 0 Å². The third-order valence-electron chi connectivity index (χ3n) is 4.64. The van der Waals surface area contributed by atoms with Crippen LogP contribution in [0.5, 0.6) is 11.5 Å². The van der Waals surface area contributed by atoms with Gasteiger partial charge in [0.15, 0.2) is 0 Å². The van der Waals surface area contributed by atoms with Gasteiger partial charge < -0.3 is 19.4 Å².